The summed E-state index contributed by atoms with van der Waals surface area (Å²) in [5.74, 6) is 0. The van der Waals surface area contributed by atoms with Gasteiger partial charge in [0.1, 0.15) is 0 Å². The molecule has 2 aromatic rings. The van der Waals surface area contributed by atoms with Gasteiger partial charge in [0.25, 0.3) is 0 Å². The highest BCUT2D eigenvalue weighted by Crippen LogP contribution is 2.36. The van der Waals surface area contributed by atoms with E-state index >= 15 is 0 Å². The van der Waals surface area contributed by atoms with Crippen LogP contribution in [-0.2, 0) is 12.4 Å². The van der Waals surface area contributed by atoms with Crippen LogP contribution in [0.3, 0.4) is 0 Å². The van der Waals surface area contributed by atoms with Crippen LogP contribution in [0.25, 0.3) is 11.3 Å². The predicted octanol–water partition coefficient (Wildman–Crippen LogP) is 5.21. The van der Waals surface area contributed by atoms with Gasteiger partial charge in [-0.15, -0.1) is 0 Å². The Hall–Kier alpha value is -2.13. The maximum absolute atomic E-state index is 13.4. The molecule has 0 radical (unpaired) electrons. The van der Waals surface area contributed by atoms with Crippen LogP contribution in [-0.4, -0.2) is 23.2 Å². The van der Waals surface area contributed by atoms with Crippen LogP contribution in [0.4, 0.5) is 26.3 Å². The molecule has 28 heavy (non-hydrogen) atoms. The first-order valence-corrected chi connectivity index (χ1v) is 8.68. The van der Waals surface area contributed by atoms with Gasteiger partial charge >= 0.3 is 12.4 Å². The van der Waals surface area contributed by atoms with Crippen molar-refractivity contribution in [3.05, 3.63) is 53.2 Å². The molecule has 0 bridgehead atoms. The Morgan fingerprint density at radius 2 is 1.61 bits per heavy atom. The highest BCUT2D eigenvalue weighted by Gasteiger charge is 2.37. The van der Waals surface area contributed by atoms with E-state index < -0.39 is 29.7 Å². The number of nitrogens with zero attached hydrogens (tertiary/aromatic N) is 1. The number of aliphatic hydroxyl groups excluding tert-OH is 1. The summed E-state index contributed by atoms with van der Waals surface area (Å²) in [5.41, 5.74) is -2.56. The summed E-state index contributed by atoms with van der Waals surface area (Å²) in [7, 11) is 0. The summed E-state index contributed by atoms with van der Waals surface area (Å²) in [6.07, 6.45) is -9.05. The molecule has 0 unspecified atom stereocenters. The number of rotatable bonds is 7. The number of benzene rings is 1. The molecule has 1 atom stereocenters. The third-order valence-corrected chi connectivity index (χ3v) is 4.11. The van der Waals surface area contributed by atoms with Crippen molar-refractivity contribution in [2.24, 2.45) is 0 Å². The fourth-order valence-corrected chi connectivity index (χ4v) is 2.61. The van der Waals surface area contributed by atoms with Gasteiger partial charge in [0.15, 0.2) is 5.69 Å². The normalized spacial score (nSPS) is 13.6. The SMILES string of the molecule is CCCCNC[C@@H](O)c1ccc(-c2ccc(C(F)(F)F)cc2)nc1C(F)(F)F. The summed E-state index contributed by atoms with van der Waals surface area (Å²) in [4.78, 5) is 3.58. The Balaban J connectivity index is 2.31. The summed E-state index contributed by atoms with van der Waals surface area (Å²) in [6.45, 7) is 2.46. The minimum atomic E-state index is -4.82. The van der Waals surface area contributed by atoms with E-state index in [1.165, 1.54) is 6.07 Å². The number of pyridine rings is 1. The maximum atomic E-state index is 13.4. The fraction of sp³-hybridized carbons (Fsp3) is 0.421. The van der Waals surface area contributed by atoms with Crippen LogP contribution in [0.5, 0.6) is 0 Å². The van der Waals surface area contributed by atoms with E-state index in [2.05, 4.69) is 10.3 Å². The minimum Gasteiger partial charge on any atom is -0.387 e. The minimum absolute atomic E-state index is 0.0651. The monoisotopic (exact) mass is 406 g/mol. The standard InChI is InChI=1S/C19H20F6N2O/c1-2-3-10-26-11-16(28)14-8-9-15(27-17(14)19(23,24)25)12-4-6-13(7-5-12)18(20,21)22/h4-9,16,26,28H,2-3,10-11H2,1H3/t16-/m1/s1. The average Bonchev–Trinajstić information content (AvgIpc) is 2.63. The van der Waals surface area contributed by atoms with Crippen molar-refractivity contribution >= 4 is 0 Å². The van der Waals surface area contributed by atoms with Gasteiger partial charge in [-0.3, -0.25) is 0 Å². The Labute approximate surface area is 158 Å². The molecule has 3 nitrogen and oxygen atoms in total. The number of aromatic nitrogens is 1. The lowest BCUT2D eigenvalue weighted by atomic mass is 10.0. The van der Waals surface area contributed by atoms with Gasteiger partial charge in [-0.05, 0) is 31.2 Å². The lowest BCUT2D eigenvalue weighted by molar-refractivity contribution is -0.142. The zero-order valence-electron chi connectivity index (χ0n) is 15.0. The van der Waals surface area contributed by atoms with E-state index in [1.54, 1.807) is 0 Å². The zero-order valence-corrected chi connectivity index (χ0v) is 15.0. The van der Waals surface area contributed by atoms with E-state index in [4.69, 9.17) is 0 Å². The third kappa shape index (κ3) is 5.68. The second kappa shape index (κ2) is 8.91. The highest BCUT2D eigenvalue weighted by atomic mass is 19.4. The van der Waals surface area contributed by atoms with E-state index in [9.17, 15) is 31.4 Å². The van der Waals surface area contributed by atoms with Gasteiger partial charge in [-0.25, -0.2) is 4.98 Å². The van der Waals surface area contributed by atoms with Gasteiger partial charge in [0.05, 0.1) is 17.4 Å². The van der Waals surface area contributed by atoms with E-state index in [0.29, 0.717) is 6.54 Å². The molecule has 0 saturated carbocycles. The molecule has 1 aromatic heterocycles. The van der Waals surface area contributed by atoms with Crippen LogP contribution >= 0.6 is 0 Å². The van der Waals surface area contributed by atoms with Crippen LogP contribution in [0.1, 0.15) is 42.7 Å². The number of nitrogens with one attached hydrogen (secondary N) is 1. The lowest BCUT2D eigenvalue weighted by Crippen LogP contribution is -2.25. The van der Waals surface area contributed by atoms with Gasteiger partial charge in [-0.1, -0.05) is 31.5 Å². The largest absolute Gasteiger partial charge is 0.433 e. The maximum Gasteiger partial charge on any atom is 0.433 e. The van der Waals surface area contributed by atoms with Crippen LogP contribution in [0.2, 0.25) is 0 Å². The first kappa shape index (κ1) is 22.2. The first-order valence-electron chi connectivity index (χ1n) is 8.68. The van der Waals surface area contributed by atoms with Crippen molar-refractivity contribution < 1.29 is 31.4 Å². The lowest BCUT2D eigenvalue weighted by Gasteiger charge is -2.18. The topological polar surface area (TPSA) is 45.1 Å². The summed E-state index contributed by atoms with van der Waals surface area (Å²) < 4.78 is 78.2. The van der Waals surface area contributed by atoms with Crippen molar-refractivity contribution in [3.63, 3.8) is 0 Å². The first-order chi connectivity index (χ1) is 13.0. The fourth-order valence-electron chi connectivity index (χ4n) is 2.61. The van der Waals surface area contributed by atoms with Crippen molar-refractivity contribution in [2.45, 2.75) is 38.2 Å². The average molecular weight is 406 g/mol. The van der Waals surface area contributed by atoms with Crippen molar-refractivity contribution in [3.8, 4) is 11.3 Å². The molecule has 1 aromatic carbocycles. The number of halogens is 6. The van der Waals surface area contributed by atoms with Crippen LogP contribution in [0, 0.1) is 0 Å². The van der Waals surface area contributed by atoms with E-state index in [0.717, 1.165) is 43.2 Å². The molecule has 0 aliphatic heterocycles. The van der Waals surface area contributed by atoms with Gasteiger partial charge < -0.3 is 10.4 Å². The summed E-state index contributed by atoms with van der Waals surface area (Å²) in [6, 6.07) is 6.05. The van der Waals surface area contributed by atoms with E-state index in [-0.39, 0.29) is 23.4 Å². The molecule has 0 fully saturated rings. The molecule has 9 heteroatoms. The molecule has 0 saturated heterocycles. The predicted molar refractivity (Wildman–Crippen MR) is 92.4 cm³/mol. The van der Waals surface area contributed by atoms with Gasteiger partial charge in [0, 0.05) is 17.7 Å². The van der Waals surface area contributed by atoms with Crippen LogP contribution in [0.15, 0.2) is 36.4 Å². The number of hydrogen-bond donors (Lipinski definition) is 2. The van der Waals surface area contributed by atoms with Gasteiger partial charge in [-0.2, -0.15) is 26.3 Å². The molecule has 0 amide bonds. The quantitative estimate of drug-likeness (QED) is 0.490. The smallest absolute Gasteiger partial charge is 0.387 e. The molecule has 1 heterocycles. The summed E-state index contributed by atoms with van der Waals surface area (Å²) in [5, 5.41) is 13.0. The molecule has 0 aliphatic carbocycles. The molecule has 2 rings (SSSR count). The molecular weight excluding hydrogens is 386 g/mol. The Bertz CT molecular complexity index is 771. The van der Waals surface area contributed by atoms with Gasteiger partial charge in [0.2, 0.25) is 0 Å². The highest BCUT2D eigenvalue weighted by molar-refractivity contribution is 5.60. The number of unbranched alkanes of at least 4 members (excludes halogenated alkanes) is 1. The Morgan fingerprint density at radius 3 is 2.14 bits per heavy atom. The second-order valence-corrected chi connectivity index (χ2v) is 6.28. The molecule has 2 N–H and O–H groups in total. The van der Waals surface area contributed by atoms with Crippen molar-refractivity contribution in [1.82, 2.24) is 10.3 Å². The third-order valence-electron chi connectivity index (χ3n) is 4.11. The molecule has 0 aliphatic rings. The van der Waals surface area contributed by atoms with Crippen LogP contribution < -0.4 is 5.32 Å². The number of aliphatic hydroxyl groups is 1. The number of hydrogen-bond acceptors (Lipinski definition) is 3. The van der Waals surface area contributed by atoms with Crippen molar-refractivity contribution in [2.75, 3.05) is 13.1 Å². The summed E-state index contributed by atoms with van der Waals surface area (Å²) >= 11 is 0. The number of alkyl halides is 6. The molecule has 154 valence electrons. The Morgan fingerprint density at radius 1 is 0.964 bits per heavy atom. The molecule has 0 spiro atoms. The van der Waals surface area contributed by atoms with Crippen molar-refractivity contribution in [1.29, 1.82) is 0 Å². The zero-order chi connectivity index (χ0) is 20.9. The molecular formula is C19H20F6N2O. The van der Waals surface area contributed by atoms with E-state index in [1.807, 2.05) is 6.92 Å². The second-order valence-electron chi connectivity index (χ2n) is 6.28. The Kier molecular flexibility index (Phi) is 7.06.